The molecule has 0 amide bonds. The summed E-state index contributed by atoms with van der Waals surface area (Å²) in [6, 6.07) is 13.7. The smallest absolute Gasteiger partial charge is 0.115 e. The van der Waals surface area contributed by atoms with Gasteiger partial charge < -0.3 is 9.55 Å². The van der Waals surface area contributed by atoms with Crippen LogP contribution in [0.5, 0.6) is 0 Å². The van der Waals surface area contributed by atoms with E-state index in [2.05, 4.69) is 4.98 Å². The number of H-pyrrole nitrogens is 1. The summed E-state index contributed by atoms with van der Waals surface area (Å²) in [5.74, 6) is 0. The Labute approximate surface area is 207 Å². The van der Waals surface area contributed by atoms with E-state index >= 15 is 0 Å². The Hall–Kier alpha value is -3.00. The minimum atomic E-state index is 0.237. The van der Waals surface area contributed by atoms with Gasteiger partial charge in [0.2, 0.25) is 0 Å². The lowest BCUT2D eigenvalue weighted by Gasteiger charge is -2.18. The van der Waals surface area contributed by atoms with Gasteiger partial charge in [0, 0.05) is 32.7 Å². The Balaban J connectivity index is 1.92. The van der Waals surface area contributed by atoms with Crippen LogP contribution in [0.2, 0.25) is 0 Å². The third-order valence-electron chi connectivity index (χ3n) is 6.72. The Morgan fingerprint density at radius 3 is 1.88 bits per heavy atom. The van der Waals surface area contributed by atoms with Gasteiger partial charge in [0.05, 0.1) is 11.2 Å². The molecule has 0 fully saturated rings. The van der Waals surface area contributed by atoms with E-state index in [0.717, 1.165) is 32.9 Å². The number of rotatable bonds is 1. The van der Waals surface area contributed by atoms with E-state index in [0.29, 0.717) is 38.3 Å². The largest absolute Gasteiger partial charge is 0.355 e. The van der Waals surface area contributed by atoms with Crippen molar-refractivity contribution in [2.24, 2.45) is 0 Å². The lowest BCUT2D eigenvalue weighted by atomic mass is 9.65. The molecule has 2 heterocycles. The average molecular weight is 411 g/mol. The molecular weight excluding hydrogens is 403 g/mol. The quantitative estimate of drug-likeness (QED) is 0.275. The molecule has 1 N–H and O–H groups in total. The van der Waals surface area contributed by atoms with Crippen LogP contribution >= 0.6 is 0 Å². The molecule has 0 atom stereocenters. The number of hydrogen-bond donors (Lipinski definition) is 1. The number of fused-ring (bicyclic) bond motifs is 6. The Kier molecular flexibility index (Phi) is 4.59. The number of nitrogens with one attached hydrogen (secondary N) is 1. The maximum Gasteiger partial charge on any atom is 0.115 e. The van der Waals surface area contributed by atoms with Crippen LogP contribution in [0.1, 0.15) is 0 Å². The molecule has 0 spiro atoms. The summed E-state index contributed by atoms with van der Waals surface area (Å²) in [6.07, 6.45) is 0. The summed E-state index contributed by atoms with van der Waals surface area (Å²) in [6.45, 7) is 0. The molecule has 0 aliphatic carbocycles. The predicted molar refractivity (Wildman–Crippen MR) is 153 cm³/mol. The average Bonchev–Trinajstić information content (AvgIpc) is 3.40. The van der Waals surface area contributed by atoms with Crippen LogP contribution in [0, 0.1) is 0 Å². The van der Waals surface area contributed by atoms with Gasteiger partial charge in [-0.2, -0.15) is 0 Å². The van der Waals surface area contributed by atoms with Crippen molar-refractivity contribution in [2.75, 3.05) is 0 Å². The summed E-state index contributed by atoms with van der Waals surface area (Å²) >= 11 is 0. The first kappa shape index (κ1) is 21.5. The monoisotopic (exact) mass is 412 g/mol. The highest BCUT2D eigenvalue weighted by molar-refractivity contribution is 6.68. The molecule has 16 radical (unpaired) electrons. The van der Waals surface area contributed by atoms with E-state index in [-0.39, 0.29) is 21.9 Å². The molecule has 2 nitrogen and oxygen atoms in total. The first-order valence-corrected chi connectivity index (χ1v) is 10.6. The van der Waals surface area contributed by atoms with Crippen molar-refractivity contribution in [2.45, 2.75) is 0 Å². The van der Waals surface area contributed by atoms with Crippen LogP contribution in [-0.4, -0.2) is 72.3 Å². The maximum atomic E-state index is 6.55. The molecule has 0 unspecified atom stereocenters. The van der Waals surface area contributed by atoms with Crippen LogP contribution in [0.3, 0.4) is 0 Å². The summed E-state index contributed by atoms with van der Waals surface area (Å²) in [7, 11) is 50.6. The summed E-state index contributed by atoms with van der Waals surface area (Å²) in [5.41, 5.74) is 6.12. The zero-order valence-electron chi connectivity index (χ0n) is 18.1. The van der Waals surface area contributed by atoms with Crippen molar-refractivity contribution in [1.29, 1.82) is 0 Å². The first-order valence-electron chi connectivity index (χ1n) is 10.6. The molecule has 6 aromatic rings. The molecule has 0 saturated heterocycles. The predicted octanol–water partition coefficient (Wildman–Crippen LogP) is -3.23. The molecule has 0 aliphatic heterocycles. The van der Waals surface area contributed by atoms with Crippen LogP contribution in [0.4, 0.5) is 0 Å². The number of aromatic nitrogens is 2. The van der Waals surface area contributed by atoms with E-state index in [1.165, 1.54) is 0 Å². The van der Waals surface area contributed by atoms with Crippen LogP contribution < -0.4 is 43.7 Å². The van der Waals surface area contributed by atoms with Gasteiger partial charge >= 0.3 is 0 Å². The third kappa shape index (κ3) is 2.57. The van der Waals surface area contributed by atoms with Crippen molar-refractivity contribution in [1.82, 2.24) is 9.55 Å². The minimum absolute atomic E-state index is 0.237. The Morgan fingerprint density at radius 2 is 1.15 bits per heavy atom. The van der Waals surface area contributed by atoms with Gasteiger partial charge in [-0.05, 0) is 23.6 Å². The number of nitrogens with zero attached hydrogens (tertiary/aromatic N) is 1. The van der Waals surface area contributed by atoms with Gasteiger partial charge in [0.1, 0.15) is 62.8 Å². The highest BCUT2D eigenvalue weighted by Gasteiger charge is 2.21. The van der Waals surface area contributed by atoms with Crippen molar-refractivity contribution >= 4 is 150 Å². The van der Waals surface area contributed by atoms with Crippen molar-refractivity contribution in [3.05, 3.63) is 42.5 Å². The summed E-state index contributed by atoms with van der Waals surface area (Å²) in [4.78, 5) is 3.35. The number of hydrogen-bond acceptors (Lipinski definition) is 0. The van der Waals surface area contributed by atoms with E-state index in [1.807, 2.05) is 47.0 Å². The van der Waals surface area contributed by atoms with Gasteiger partial charge in [-0.3, -0.25) is 0 Å². The van der Waals surface area contributed by atoms with Crippen molar-refractivity contribution in [3.63, 3.8) is 0 Å². The molecule has 0 bridgehead atoms. The molecule has 2 aromatic heterocycles. The molecule has 4 aromatic carbocycles. The molecule has 34 heavy (non-hydrogen) atoms. The van der Waals surface area contributed by atoms with Crippen LogP contribution in [0.25, 0.3) is 49.3 Å². The maximum absolute atomic E-state index is 6.55. The third-order valence-corrected chi connectivity index (χ3v) is 6.72. The van der Waals surface area contributed by atoms with Gasteiger partial charge in [0.25, 0.3) is 0 Å². The minimum Gasteiger partial charge on any atom is -0.355 e. The summed E-state index contributed by atoms with van der Waals surface area (Å²) in [5, 5.41) is 3.11. The zero-order chi connectivity index (χ0) is 24.0. The lowest BCUT2D eigenvalue weighted by Crippen LogP contribution is -2.48. The van der Waals surface area contributed by atoms with Gasteiger partial charge in [-0.15, -0.1) is 21.9 Å². The fourth-order valence-electron chi connectivity index (χ4n) is 5.02. The topological polar surface area (TPSA) is 20.7 Å². The standard InChI is InChI=1S/C24H8B8N2/c25-15-12-8-4-1-2-6-10(8)34(24(12)22(32)20(30)17(15)27)11-7-3-5-9-13(11)14-16(26)18(28)19(29)21(31)23(14)33-9/h1-7,33H. The Morgan fingerprint density at radius 1 is 0.529 bits per heavy atom. The van der Waals surface area contributed by atoms with Crippen molar-refractivity contribution in [3.8, 4) is 5.69 Å². The Bertz CT molecular complexity index is 1850. The second kappa shape index (κ2) is 7.25. The lowest BCUT2D eigenvalue weighted by molar-refractivity contribution is 1.21. The second-order valence-electron chi connectivity index (χ2n) is 8.46. The molecular formula is C24H8B8N2. The molecule has 0 saturated carbocycles. The second-order valence-corrected chi connectivity index (χ2v) is 8.46. The molecule has 6 rings (SSSR count). The number of benzene rings is 4. The molecule has 10 heteroatoms. The number of para-hydroxylation sites is 1. The zero-order valence-corrected chi connectivity index (χ0v) is 18.1. The van der Waals surface area contributed by atoms with Gasteiger partial charge in [0.15, 0.2) is 0 Å². The van der Waals surface area contributed by atoms with E-state index < -0.39 is 0 Å². The van der Waals surface area contributed by atoms with Crippen LogP contribution in [-0.2, 0) is 0 Å². The fourth-order valence-corrected chi connectivity index (χ4v) is 5.02. The summed E-state index contributed by atoms with van der Waals surface area (Å²) < 4.78 is 2.02. The van der Waals surface area contributed by atoms with E-state index in [1.54, 1.807) is 0 Å². The van der Waals surface area contributed by atoms with Crippen molar-refractivity contribution < 1.29 is 0 Å². The van der Waals surface area contributed by atoms with E-state index in [4.69, 9.17) is 62.8 Å². The number of aromatic amines is 1. The normalized spacial score (nSPS) is 11.9. The van der Waals surface area contributed by atoms with E-state index in [9.17, 15) is 0 Å². The SMILES string of the molecule is [B]c1c([B])c([B])c2c([nH]c3cccc(-n4c5ccccc5c5c([B])c([B])c([B])c([B])c54)c32)c1[B]. The van der Waals surface area contributed by atoms with Gasteiger partial charge in [-0.1, -0.05) is 46.1 Å². The molecule has 0 aliphatic rings. The highest BCUT2D eigenvalue weighted by Crippen LogP contribution is 2.34. The highest BCUT2D eigenvalue weighted by atomic mass is 15.0. The fraction of sp³-hybridized carbons (Fsp3) is 0. The molecule has 138 valence electrons. The van der Waals surface area contributed by atoms with Crippen LogP contribution in [0.15, 0.2) is 42.5 Å². The first-order chi connectivity index (χ1) is 16.2. The van der Waals surface area contributed by atoms with Gasteiger partial charge in [-0.25, -0.2) is 0 Å².